The van der Waals surface area contributed by atoms with Gasteiger partial charge in [-0.05, 0) is 6.42 Å². The van der Waals surface area contributed by atoms with Crippen molar-refractivity contribution in [3.63, 3.8) is 0 Å². The summed E-state index contributed by atoms with van der Waals surface area (Å²) >= 11 is 0. The zero-order valence-corrected chi connectivity index (χ0v) is 13.8. The Kier molecular flexibility index (Phi) is 6.94. The molecule has 0 rings (SSSR count). The van der Waals surface area contributed by atoms with Crippen LogP contribution in [0.5, 0.6) is 0 Å². The molecule has 1 N–H and O–H groups in total. The monoisotopic (exact) mass is 492 g/mol. The fraction of sp³-hybridized carbons (Fsp3) is 1.00. The van der Waals surface area contributed by atoms with Crippen molar-refractivity contribution >= 4 is 10.1 Å². The summed E-state index contributed by atoms with van der Waals surface area (Å²) in [4.78, 5) is 0. The maximum atomic E-state index is 13.3. The van der Waals surface area contributed by atoms with Crippen LogP contribution >= 0.6 is 0 Å². The largest absolute Gasteiger partial charge is 0.460 e. The average Bonchev–Trinajstić information content (AvgIpc) is 2.43. The van der Waals surface area contributed by atoms with E-state index in [9.17, 15) is 74.3 Å². The first kappa shape index (κ1) is 27.9. The first-order valence-corrected chi connectivity index (χ1v) is 8.10. The minimum Gasteiger partial charge on any atom is -0.286 e. The van der Waals surface area contributed by atoms with E-state index in [0.717, 1.165) is 0 Å². The van der Waals surface area contributed by atoms with Gasteiger partial charge in [0.1, 0.15) is 0 Å². The summed E-state index contributed by atoms with van der Waals surface area (Å²) in [5, 5.41) is 0. The number of halogens is 15. The average molecular weight is 492 g/mol. The molecule has 0 aromatic heterocycles. The third-order valence-corrected chi connectivity index (χ3v) is 4.09. The van der Waals surface area contributed by atoms with Crippen LogP contribution in [0, 0.1) is 0 Å². The molecule has 29 heavy (non-hydrogen) atoms. The SMILES string of the molecule is O=S(=O)(O)CCCC(F)(F)C(F)(F)C(F)(F)C(F)(F)C(F)(F)C(F)(F)C(F)(F)F. The number of hydrogen-bond acceptors (Lipinski definition) is 2. The molecular weight excluding hydrogens is 485 g/mol. The Morgan fingerprint density at radius 3 is 1.17 bits per heavy atom. The minimum absolute atomic E-state index is 1.83. The molecule has 176 valence electrons. The fourth-order valence-electron chi connectivity index (χ4n) is 1.63. The van der Waals surface area contributed by atoms with Crippen molar-refractivity contribution in [1.82, 2.24) is 0 Å². The van der Waals surface area contributed by atoms with Crippen LogP contribution in [0.3, 0.4) is 0 Å². The second-order valence-corrected chi connectivity index (χ2v) is 7.04. The molecule has 0 unspecified atom stereocenters. The molecule has 0 bridgehead atoms. The lowest BCUT2D eigenvalue weighted by atomic mass is 9.90. The number of hydrogen-bond donors (Lipinski definition) is 1. The van der Waals surface area contributed by atoms with E-state index in [1.807, 2.05) is 0 Å². The van der Waals surface area contributed by atoms with Gasteiger partial charge in [-0.2, -0.15) is 74.3 Å². The van der Waals surface area contributed by atoms with Crippen LogP contribution in [-0.2, 0) is 10.1 Å². The Bertz CT molecular complexity index is 694. The highest BCUT2D eigenvalue weighted by molar-refractivity contribution is 7.85. The van der Waals surface area contributed by atoms with Gasteiger partial charge in [0.05, 0.1) is 5.75 Å². The second-order valence-electron chi connectivity index (χ2n) is 5.46. The first-order chi connectivity index (χ1) is 12.2. The standard InChI is InChI=1S/C10H7F15O3S/c11-4(12,2-1-3-29(26,27)28)5(13,14)6(15,16)7(17,18)8(19,20)9(21,22)10(23,24)25/h1-3H2,(H,26,27,28). The van der Waals surface area contributed by atoms with Crippen LogP contribution in [0.2, 0.25) is 0 Å². The van der Waals surface area contributed by atoms with Gasteiger partial charge in [-0.15, -0.1) is 0 Å². The molecule has 0 amide bonds. The van der Waals surface area contributed by atoms with Gasteiger partial charge in [-0.1, -0.05) is 0 Å². The molecule has 0 aliphatic heterocycles. The van der Waals surface area contributed by atoms with Crippen molar-refractivity contribution in [3.05, 3.63) is 0 Å². The smallest absolute Gasteiger partial charge is 0.286 e. The van der Waals surface area contributed by atoms with Crippen LogP contribution in [0.4, 0.5) is 65.9 Å². The zero-order chi connectivity index (χ0) is 24.1. The molecule has 0 spiro atoms. The third-order valence-electron chi connectivity index (χ3n) is 3.29. The van der Waals surface area contributed by atoms with E-state index in [2.05, 4.69) is 0 Å². The van der Waals surface area contributed by atoms with Crippen molar-refractivity contribution in [3.8, 4) is 0 Å². The minimum atomic E-state index is -8.38. The van der Waals surface area contributed by atoms with Crippen molar-refractivity contribution < 1.29 is 78.8 Å². The Morgan fingerprint density at radius 2 is 0.862 bits per heavy atom. The molecule has 0 heterocycles. The summed E-state index contributed by atoms with van der Waals surface area (Å²) in [6.07, 6.45) is -12.3. The van der Waals surface area contributed by atoms with Crippen molar-refractivity contribution in [2.45, 2.75) is 54.6 Å². The predicted molar refractivity (Wildman–Crippen MR) is 61.4 cm³/mol. The third kappa shape index (κ3) is 4.48. The topological polar surface area (TPSA) is 54.4 Å². The lowest BCUT2D eigenvalue weighted by molar-refractivity contribution is -0.452. The fourth-order valence-corrected chi connectivity index (χ4v) is 2.14. The molecule has 0 aromatic rings. The molecule has 19 heteroatoms. The summed E-state index contributed by atoms with van der Waals surface area (Å²) < 4.78 is 221. The Hall–Kier alpha value is -1.14. The molecule has 3 nitrogen and oxygen atoms in total. The van der Waals surface area contributed by atoms with E-state index < -0.39 is 70.4 Å². The molecule has 0 aliphatic rings. The van der Waals surface area contributed by atoms with Gasteiger partial charge in [-0.25, -0.2) is 0 Å². The van der Waals surface area contributed by atoms with Gasteiger partial charge in [0.25, 0.3) is 10.1 Å². The lowest BCUT2D eigenvalue weighted by Gasteiger charge is -2.41. The van der Waals surface area contributed by atoms with Crippen molar-refractivity contribution in [1.29, 1.82) is 0 Å². The van der Waals surface area contributed by atoms with Gasteiger partial charge in [0.15, 0.2) is 0 Å². The maximum Gasteiger partial charge on any atom is 0.460 e. The summed E-state index contributed by atoms with van der Waals surface area (Å²) in [5.74, 6) is -49.0. The van der Waals surface area contributed by atoms with Gasteiger partial charge in [0, 0.05) is 6.42 Å². The van der Waals surface area contributed by atoms with Gasteiger partial charge < -0.3 is 0 Å². The second kappa shape index (κ2) is 7.23. The summed E-state index contributed by atoms with van der Waals surface area (Å²) in [6.45, 7) is 0. The van der Waals surface area contributed by atoms with Crippen molar-refractivity contribution in [2.24, 2.45) is 0 Å². The Balaban J connectivity index is 6.22. The Labute approximate surface area is 150 Å². The van der Waals surface area contributed by atoms with Crippen LogP contribution in [-0.4, -0.2) is 60.4 Å². The van der Waals surface area contributed by atoms with E-state index in [1.165, 1.54) is 0 Å². The molecule has 0 aliphatic carbocycles. The van der Waals surface area contributed by atoms with Crippen LogP contribution in [0.15, 0.2) is 0 Å². The molecule has 0 saturated heterocycles. The molecule has 0 aromatic carbocycles. The van der Waals surface area contributed by atoms with Gasteiger partial charge >= 0.3 is 41.7 Å². The Morgan fingerprint density at radius 1 is 0.552 bits per heavy atom. The van der Waals surface area contributed by atoms with Crippen LogP contribution in [0.25, 0.3) is 0 Å². The summed E-state index contributed by atoms with van der Waals surface area (Å²) in [6, 6.07) is 0. The van der Waals surface area contributed by atoms with E-state index in [4.69, 9.17) is 4.55 Å². The van der Waals surface area contributed by atoms with E-state index in [1.54, 1.807) is 0 Å². The van der Waals surface area contributed by atoms with E-state index >= 15 is 0 Å². The van der Waals surface area contributed by atoms with Crippen molar-refractivity contribution in [2.75, 3.05) is 5.75 Å². The molecule has 0 saturated carbocycles. The predicted octanol–water partition coefficient (Wildman–Crippen LogP) is 5.03. The zero-order valence-electron chi connectivity index (χ0n) is 13.0. The summed E-state index contributed by atoms with van der Waals surface area (Å²) in [5.41, 5.74) is 0. The molecular formula is C10H7F15O3S. The quantitative estimate of drug-likeness (QED) is 0.363. The summed E-state index contributed by atoms with van der Waals surface area (Å²) in [7, 11) is -5.17. The molecule has 0 radical (unpaired) electrons. The highest BCUT2D eigenvalue weighted by atomic mass is 32.2. The maximum absolute atomic E-state index is 13.3. The van der Waals surface area contributed by atoms with E-state index in [-0.39, 0.29) is 0 Å². The van der Waals surface area contributed by atoms with E-state index in [0.29, 0.717) is 0 Å². The van der Waals surface area contributed by atoms with Gasteiger partial charge in [-0.3, -0.25) is 4.55 Å². The lowest BCUT2D eigenvalue weighted by Crippen LogP contribution is -2.72. The highest BCUT2D eigenvalue weighted by Gasteiger charge is 2.93. The number of alkyl halides is 15. The van der Waals surface area contributed by atoms with Crippen LogP contribution < -0.4 is 0 Å². The molecule has 0 fully saturated rings. The van der Waals surface area contributed by atoms with Crippen LogP contribution in [0.1, 0.15) is 12.8 Å². The first-order valence-electron chi connectivity index (χ1n) is 6.49. The highest BCUT2D eigenvalue weighted by Crippen LogP contribution is 2.62. The number of rotatable bonds is 9. The van der Waals surface area contributed by atoms with Gasteiger partial charge in [0.2, 0.25) is 0 Å². The molecule has 0 atom stereocenters. The normalized spacial score (nSPS) is 16.3.